The Morgan fingerprint density at radius 1 is 1.22 bits per heavy atom. The number of nitrogens with zero attached hydrogens (tertiary/aromatic N) is 3. The Labute approximate surface area is 191 Å². The Morgan fingerprint density at radius 2 is 1.84 bits per heavy atom. The predicted molar refractivity (Wildman–Crippen MR) is 128 cm³/mol. The van der Waals surface area contributed by atoms with Crippen molar-refractivity contribution in [3.8, 4) is 0 Å². The lowest BCUT2D eigenvalue weighted by Gasteiger charge is -2.44. The Kier molecular flexibility index (Phi) is 7.40. The number of hydrogen-bond donors (Lipinski definition) is 3. The molecule has 0 bridgehead atoms. The molecule has 0 spiro atoms. The van der Waals surface area contributed by atoms with Crippen molar-refractivity contribution in [2.45, 2.75) is 31.6 Å². The van der Waals surface area contributed by atoms with E-state index in [0.717, 1.165) is 38.2 Å². The van der Waals surface area contributed by atoms with E-state index in [1.165, 1.54) is 0 Å². The molecule has 0 aromatic heterocycles. The number of amidine groups is 1. The molecule has 3 rings (SSSR count). The first-order valence-corrected chi connectivity index (χ1v) is 12.4. The van der Waals surface area contributed by atoms with Gasteiger partial charge in [-0.3, -0.25) is 10.8 Å². The van der Waals surface area contributed by atoms with Crippen LogP contribution in [0.25, 0.3) is 0 Å². The van der Waals surface area contributed by atoms with Gasteiger partial charge in [-0.2, -0.15) is 4.31 Å². The maximum atomic E-state index is 12.9. The highest BCUT2D eigenvalue weighted by Crippen LogP contribution is 2.26. The molecule has 1 aromatic rings. The van der Waals surface area contributed by atoms with Crippen molar-refractivity contribution < 1.29 is 8.42 Å². The molecule has 174 valence electrons. The van der Waals surface area contributed by atoms with Crippen molar-refractivity contribution in [2.24, 2.45) is 17.6 Å². The monoisotopic (exact) mass is 458 g/mol. The van der Waals surface area contributed by atoms with E-state index in [0.29, 0.717) is 41.4 Å². The van der Waals surface area contributed by atoms with Gasteiger partial charge in [0.25, 0.3) is 0 Å². The zero-order valence-corrected chi connectivity index (χ0v) is 19.7. The first-order chi connectivity index (χ1) is 15.1. The fourth-order valence-electron chi connectivity index (χ4n) is 4.35. The van der Waals surface area contributed by atoms with Gasteiger partial charge < -0.3 is 15.5 Å². The molecule has 2 saturated heterocycles. The second-order valence-electron chi connectivity index (χ2n) is 8.83. The Bertz CT molecular complexity index is 997. The summed E-state index contributed by atoms with van der Waals surface area (Å²) in [5.41, 5.74) is 6.80. The molecule has 0 saturated carbocycles. The fraction of sp³-hybridized carbons (Fsp3) is 0.478. The Hall–Kier alpha value is -2.65. The summed E-state index contributed by atoms with van der Waals surface area (Å²) in [4.78, 5) is 4.38. The third-order valence-corrected chi connectivity index (χ3v) is 8.08. The lowest BCUT2D eigenvalue weighted by Crippen LogP contribution is -2.54. The van der Waals surface area contributed by atoms with Crippen LogP contribution in [0.2, 0.25) is 0 Å². The van der Waals surface area contributed by atoms with E-state index in [2.05, 4.69) is 18.4 Å². The first-order valence-electron chi connectivity index (χ1n) is 11.0. The number of sulfonamides is 1. The normalized spacial score (nSPS) is 21.6. The van der Waals surface area contributed by atoms with Gasteiger partial charge in [-0.05, 0) is 49.8 Å². The minimum atomic E-state index is -3.45. The summed E-state index contributed by atoms with van der Waals surface area (Å²) >= 11 is 0. The quantitative estimate of drug-likeness (QED) is 0.330. The molecule has 2 fully saturated rings. The number of allylic oxidation sites excluding steroid dienone is 1. The number of nitrogens with one attached hydrogen (secondary N) is 2. The van der Waals surface area contributed by atoms with Crippen LogP contribution in [-0.2, 0) is 10.0 Å². The minimum Gasteiger partial charge on any atom is -0.384 e. The number of hydrogen-bond acceptors (Lipinski definition) is 4. The van der Waals surface area contributed by atoms with Crippen LogP contribution in [0.4, 0.5) is 0 Å². The lowest BCUT2D eigenvalue weighted by molar-refractivity contribution is 0.177. The van der Waals surface area contributed by atoms with Crippen LogP contribution in [-0.4, -0.2) is 67.0 Å². The molecule has 32 heavy (non-hydrogen) atoms. The van der Waals surface area contributed by atoms with Gasteiger partial charge >= 0.3 is 0 Å². The van der Waals surface area contributed by atoms with Crippen molar-refractivity contribution >= 4 is 21.8 Å². The molecule has 2 aliphatic heterocycles. The molecule has 4 N–H and O–H groups in total. The third kappa shape index (κ3) is 5.39. The van der Waals surface area contributed by atoms with Crippen molar-refractivity contribution in [3.63, 3.8) is 0 Å². The van der Waals surface area contributed by atoms with Gasteiger partial charge in [0.05, 0.1) is 4.90 Å². The van der Waals surface area contributed by atoms with Crippen LogP contribution >= 0.6 is 0 Å². The predicted octanol–water partition coefficient (Wildman–Crippen LogP) is 2.67. The topological polar surface area (TPSA) is 118 Å². The highest BCUT2D eigenvalue weighted by molar-refractivity contribution is 7.89. The van der Waals surface area contributed by atoms with Crippen molar-refractivity contribution in [2.75, 3.05) is 32.7 Å². The average Bonchev–Trinajstić information content (AvgIpc) is 2.76. The molecule has 2 aliphatic rings. The first kappa shape index (κ1) is 24.0. The smallest absolute Gasteiger partial charge is 0.243 e. The van der Waals surface area contributed by atoms with E-state index >= 15 is 0 Å². The summed E-state index contributed by atoms with van der Waals surface area (Å²) in [7, 11) is -3.45. The van der Waals surface area contributed by atoms with Gasteiger partial charge in [0.2, 0.25) is 10.0 Å². The third-order valence-electron chi connectivity index (χ3n) is 6.17. The summed E-state index contributed by atoms with van der Waals surface area (Å²) in [5, 5.41) is 16.3. The van der Waals surface area contributed by atoms with Crippen molar-refractivity contribution in [1.29, 1.82) is 10.8 Å². The molecular formula is C23H34N6O2S. The van der Waals surface area contributed by atoms with Crippen LogP contribution in [0.15, 0.2) is 59.2 Å². The highest BCUT2D eigenvalue weighted by Gasteiger charge is 2.33. The van der Waals surface area contributed by atoms with E-state index in [9.17, 15) is 8.42 Å². The molecular weight excluding hydrogens is 424 g/mol. The standard InChI is InChI=1S/C23H34N6O2S/c1-17-14-27(23(26)29(15-17)19(3)13-18(2)22(24)25)16-20-9-11-28(12-10-20)32(30,31)21-7-5-4-6-8-21/h4-8,13,17,20,26H,2,9-12,14-16H2,1,3H3,(H3,24,25)/b19-13+,26-23?. The molecule has 1 aromatic carbocycles. The maximum Gasteiger partial charge on any atom is 0.243 e. The number of guanidine groups is 1. The zero-order chi connectivity index (χ0) is 23.5. The number of rotatable bonds is 7. The van der Waals surface area contributed by atoms with Gasteiger partial charge in [-0.1, -0.05) is 31.7 Å². The van der Waals surface area contributed by atoms with Gasteiger partial charge in [0.1, 0.15) is 5.84 Å². The van der Waals surface area contributed by atoms with Gasteiger partial charge in [-0.25, -0.2) is 8.42 Å². The lowest BCUT2D eigenvalue weighted by atomic mass is 9.96. The SMILES string of the molecule is C=C(/C=C(\C)N1CC(C)CN(CC2CCN(S(=O)(=O)c3ccccc3)CC2)C1=N)C(=N)N. The summed E-state index contributed by atoms with van der Waals surface area (Å²) < 4.78 is 27.3. The van der Waals surface area contributed by atoms with Crippen molar-refractivity contribution in [3.05, 3.63) is 54.3 Å². The van der Waals surface area contributed by atoms with Crippen LogP contribution in [0.1, 0.15) is 26.7 Å². The van der Waals surface area contributed by atoms with Crippen molar-refractivity contribution in [1.82, 2.24) is 14.1 Å². The van der Waals surface area contributed by atoms with Crippen LogP contribution in [0, 0.1) is 22.7 Å². The second kappa shape index (κ2) is 9.87. The van der Waals surface area contributed by atoms with E-state index < -0.39 is 10.0 Å². The largest absolute Gasteiger partial charge is 0.384 e. The van der Waals surface area contributed by atoms with Gasteiger partial charge in [-0.15, -0.1) is 0 Å². The van der Waals surface area contributed by atoms with E-state index in [1.807, 2.05) is 17.9 Å². The fourth-order valence-corrected chi connectivity index (χ4v) is 5.85. The molecule has 1 atom stereocenters. The zero-order valence-electron chi connectivity index (χ0n) is 18.9. The number of nitrogens with two attached hydrogens (primary N) is 1. The molecule has 8 nitrogen and oxygen atoms in total. The molecule has 0 radical (unpaired) electrons. The van der Waals surface area contributed by atoms with Crippen LogP contribution in [0.5, 0.6) is 0 Å². The minimum absolute atomic E-state index is 0.0741. The van der Waals surface area contributed by atoms with Crippen LogP contribution < -0.4 is 5.73 Å². The Balaban J connectivity index is 1.62. The van der Waals surface area contributed by atoms with Gasteiger partial charge in [0, 0.05) is 44.0 Å². The molecule has 0 amide bonds. The second-order valence-corrected chi connectivity index (χ2v) is 10.8. The van der Waals surface area contributed by atoms with Gasteiger partial charge in [0.15, 0.2) is 5.96 Å². The number of benzene rings is 1. The van der Waals surface area contributed by atoms with Crippen LogP contribution in [0.3, 0.4) is 0 Å². The highest BCUT2D eigenvalue weighted by atomic mass is 32.2. The van der Waals surface area contributed by atoms with E-state index in [1.54, 1.807) is 34.6 Å². The average molecular weight is 459 g/mol. The van der Waals surface area contributed by atoms with E-state index in [4.69, 9.17) is 16.6 Å². The number of piperidine rings is 1. The van der Waals surface area contributed by atoms with E-state index in [-0.39, 0.29) is 5.84 Å². The summed E-state index contributed by atoms with van der Waals surface area (Å²) in [6, 6.07) is 8.59. The maximum absolute atomic E-state index is 12.9. The molecule has 9 heteroatoms. The Morgan fingerprint density at radius 3 is 2.44 bits per heavy atom. The molecule has 0 aliphatic carbocycles. The summed E-state index contributed by atoms with van der Waals surface area (Å²) in [6.07, 6.45) is 3.31. The molecule has 1 unspecified atom stereocenters. The summed E-state index contributed by atoms with van der Waals surface area (Å²) in [5.74, 6) is 1.07. The summed E-state index contributed by atoms with van der Waals surface area (Å²) in [6.45, 7) is 11.1. The molecule has 2 heterocycles.